The van der Waals surface area contributed by atoms with E-state index in [0.29, 0.717) is 11.3 Å². The van der Waals surface area contributed by atoms with Crippen LogP contribution in [0.5, 0.6) is 0 Å². The molecule has 5 heteroatoms. The number of aliphatic hydroxyl groups is 1. The molecule has 0 aliphatic carbocycles. The van der Waals surface area contributed by atoms with Crippen molar-refractivity contribution in [1.82, 2.24) is 4.90 Å². The average molecular weight is 401 g/mol. The number of hydrogen-bond donors (Lipinski definition) is 1. The standard InChI is InChI=1S/C25H23NO4/c1-3-17-8-12-18(13-9-17)22-21(23(27)19-10-6-16(2)7-11-19)24(28)25(29)26(22)15-20-5-4-14-30-20/h4-14,22,27H,3,15H2,1-2H3/b23-21+/t22-/m0/s1. The van der Waals surface area contributed by atoms with E-state index in [0.717, 1.165) is 23.1 Å². The minimum Gasteiger partial charge on any atom is -0.507 e. The molecule has 2 heterocycles. The molecule has 1 atom stereocenters. The summed E-state index contributed by atoms with van der Waals surface area (Å²) in [5.41, 5.74) is 3.56. The molecule has 5 nitrogen and oxygen atoms in total. The Hall–Kier alpha value is -3.60. The molecular formula is C25H23NO4. The molecule has 1 N–H and O–H groups in total. The van der Waals surface area contributed by atoms with Gasteiger partial charge in [-0.15, -0.1) is 0 Å². The Labute approximate surface area is 175 Å². The van der Waals surface area contributed by atoms with Crippen molar-refractivity contribution in [3.63, 3.8) is 0 Å². The van der Waals surface area contributed by atoms with Crippen molar-refractivity contribution in [1.29, 1.82) is 0 Å². The van der Waals surface area contributed by atoms with Crippen molar-refractivity contribution >= 4 is 17.4 Å². The van der Waals surface area contributed by atoms with Crippen molar-refractivity contribution in [3.05, 3.63) is 101 Å². The summed E-state index contributed by atoms with van der Waals surface area (Å²) in [5.74, 6) is -0.934. The van der Waals surface area contributed by atoms with E-state index >= 15 is 0 Å². The molecule has 1 aromatic heterocycles. The molecule has 0 unspecified atom stereocenters. The highest BCUT2D eigenvalue weighted by atomic mass is 16.3. The zero-order valence-electron chi connectivity index (χ0n) is 17.0. The molecule has 3 aromatic rings. The van der Waals surface area contributed by atoms with Gasteiger partial charge in [-0.3, -0.25) is 9.59 Å². The second-order valence-corrected chi connectivity index (χ2v) is 7.47. The Morgan fingerprint density at radius 1 is 1.03 bits per heavy atom. The number of carbonyl (C=O) groups excluding carboxylic acids is 2. The SMILES string of the molecule is CCc1ccc([C@H]2/C(=C(\O)c3ccc(C)cc3)C(=O)C(=O)N2Cc2ccco2)cc1. The van der Waals surface area contributed by atoms with Gasteiger partial charge in [-0.05, 0) is 36.6 Å². The summed E-state index contributed by atoms with van der Waals surface area (Å²) in [6, 6.07) is 17.8. The third-order valence-electron chi connectivity index (χ3n) is 5.47. The van der Waals surface area contributed by atoms with Crippen molar-refractivity contribution in [2.75, 3.05) is 0 Å². The summed E-state index contributed by atoms with van der Waals surface area (Å²) in [6.07, 6.45) is 2.42. The number of nitrogens with zero attached hydrogens (tertiary/aromatic N) is 1. The highest BCUT2D eigenvalue weighted by Gasteiger charge is 2.46. The molecule has 0 spiro atoms. The second-order valence-electron chi connectivity index (χ2n) is 7.47. The maximum absolute atomic E-state index is 13.0. The largest absolute Gasteiger partial charge is 0.507 e. The fourth-order valence-corrected chi connectivity index (χ4v) is 3.76. The van der Waals surface area contributed by atoms with Gasteiger partial charge in [-0.2, -0.15) is 0 Å². The van der Waals surface area contributed by atoms with Gasteiger partial charge in [0.1, 0.15) is 11.5 Å². The van der Waals surface area contributed by atoms with E-state index < -0.39 is 17.7 Å². The zero-order valence-corrected chi connectivity index (χ0v) is 17.0. The molecule has 4 rings (SSSR count). The normalized spacial score (nSPS) is 18.2. The minimum atomic E-state index is -0.692. The van der Waals surface area contributed by atoms with Gasteiger partial charge in [0, 0.05) is 5.56 Å². The lowest BCUT2D eigenvalue weighted by molar-refractivity contribution is -0.140. The first-order chi connectivity index (χ1) is 14.5. The molecule has 0 radical (unpaired) electrons. The molecule has 2 aromatic carbocycles. The van der Waals surface area contributed by atoms with E-state index in [1.807, 2.05) is 43.3 Å². The van der Waals surface area contributed by atoms with Crippen LogP contribution in [0.1, 0.15) is 41.0 Å². The number of Topliss-reactive ketones (excluding diaryl/α,β-unsaturated/α-hetero) is 1. The maximum atomic E-state index is 13.0. The van der Waals surface area contributed by atoms with Crippen molar-refractivity contribution in [2.45, 2.75) is 32.9 Å². The van der Waals surface area contributed by atoms with Crippen LogP contribution >= 0.6 is 0 Å². The topological polar surface area (TPSA) is 70.8 Å². The molecule has 0 saturated carbocycles. The molecule has 1 fully saturated rings. The van der Waals surface area contributed by atoms with Crippen LogP contribution in [0.25, 0.3) is 5.76 Å². The van der Waals surface area contributed by atoms with Crippen LogP contribution in [-0.4, -0.2) is 21.7 Å². The summed E-state index contributed by atoms with van der Waals surface area (Å²) < 4.78 is 5.41. The fraction of sp³-hybridized carbons (Fsp3) is 0.200. The molecular weight excluding hydrogens is 378 g/mol. The lowest BCUT2D eigenvalue weighted by Gasteiger charge is -2.24. The number of likely N-dealkylation sites (tertiary alicyclic amines) is 1. The first-order valence-electron chi connectivity index (χ1n) is 9.96. The first-order valence-corrected chi connectivity index (χ1v) is 9.96. The number of hydrogen-bond acceptors (Lipinski definition) is 4. The molecule has 1 amide bonds. The van der Waals surface area contributed by atoms with Crippen molar-refractivity contribution in [3.8, 4) is 0 Å². The Balaban J connectivity index is 1.85. The summed E-state index contributed by atoms with van der Waals surface area (Å²) in [4.78, 5) is 27.4. The van der Waals surface area contributed by atoms with E-state index in [-0.39, 0.29) is 17.9 Å². The maximum Gasteiger partial charge on any atom is 0.296 e. The van der Waals surface area contributed by atoms with Crippen LogP contribution < -0.4 is 0 Å². The van der Waals surface area contributed by atoms with Crippen LogP contribution in [0.2, 0.25) is 0 Å². The van der Waals surface area contributed by atoms with Crippen molar-refractivity contribution in [2.24, 2.45) is 0 Å². The Bertz CT molecular complexity index is 1090. The van der Waals surface area contributed by atoms with Gasteiger partial charge in [0.15, 0.2) is 0 Å². The van der Waals surface area contributed by atoms with Gasteiger partial charge in [0.25, 0.3) is 11.7 Å². The predicted molar refractivity (Wildman–Crippen MR) is 114 cm³/mol. The van der Waals surface area contributed by atoms with Gasteiger partial charge in [0.05, 0.1) is 24.4 Å². The molecule has 1 saturated heterocycles. The van der Waals surface area contributed by atoms with Gasteiger partial charge < -0.3 is 14.4 Å². The number of amides is 1. The lowest BCUT2D eigenvalue weighted by atomic mass is 9.94. The number of rotatable bonds is 5. The number of furan rings is 1. The van der Waals surface area contributed by atoms with Crippen LogP contribution in [0.4, 0.5) is 0 Å². The Kier molecular flexibility index (Phi) is 5.27. The average Bonchev–Trinajstić information content (AvgIpc) is 3.36. The molecule has 30 heavy (non-hydrogen) atoms. The Morgan fingerprint density at radius 3 is 2.33 bits per heavy atom. The summed E-state index contributed by atoms with van der Waals surface area (Å²) in [7, 11) is 0. The molecule has 1 aliphatic heterocycles. The van der Waals surface area contributed by atoms with Crippen LogP contribution in [0.3, 0.4) is 0 Å². The van der Waals surface area contributed by atoms with E-state index in [4.69, 9.17) is 4.42 Å². The number of carbonyl (C=O) groups is 2. The summed E-state index contributed by atoms with van der Waals surface area (Å²) >= 11 is 0. The summed E-state index contributed by atoms with van der Waals surface area (Å²) in [6.45, 7) is 4.15. The van der Waals surface area contributed by atoms with Gasteiger partial charge in [-0.25, -0.2) is 0 Å². The summed E-state index contributed by atoms with van der Waals surface area (Å²) in [5, 5.41) is 11.0. The number of aliphatic hydroxyl groups excluding tert-OH is 1. The van der Waals surface area contributed by atoms with E-state index in [1.165, 1.54) is 11.2 Å². The third-order valence-corrected chi connectivity index (χ3v) is 5.47. The molecule has 0 bridgehead atoms. The van der Waals surface area contributed by atoms with Crippen LogP contribution in [-0.2, 0) is 22.6 Å². The van der Waals surface area contributed by atoms with Crippen molar-refractivity contribution < 1.29 is 19.1 Å². The molecule has 1 aliphatic rings. The monoisotopic (exact) mass is 401 g/mol. The van der Waals surface area contributed by atoms with E-state index in [1.54, 1.807) is 24.3 Å². The Morgan fingerprint density at radius 2 is 1.73 bits per heavy atom. The smallest absolute Gasteiger partial charge is 0.296 e. The number of ketones is 1. The van der Waals surface area contributed by atoms with Gasteiger partial charge in [0.2, 0.25) is 0 Å². The van der Waals surface area contributed by atoms with Crippen LogP contribution in [0.15, 0.2) is 76.9 Å². The number of aryl methyl sites for hydroxylation is 2. The highest BCUT2D eigenvalue weighted by Crippen LogP contribution is 2.40. The quantitative estimate of drug-likeness (QED) is 0.380. The van der Waals surface area contributed by atoms with Gasteiger partial charge in [-0.1, -0.05) is 61.0 Å². The van der Waals surface area contributed by atoms with E-state index in [9.17, 15) is 14.7 Å². The minimum absolute atomic E-state index is 0.0969. The van der Waals surface area contributed by atoms with E-state index in [2.05, 4.69) is 6.92 Å². The highest BCUT2D eigenvalue weighted by molar-refractivity contribution is 6.46. The third kappa shape index (κ3) is 3.54. The van der Waals surface area contributed by atoms with Crippen LogP contribution in [0, 0.1) is 6.92 Å². The zero-order chi connectivity index (χ0) is 21.3. The second kappa shape index (κ2) is 8.03. The van der Waals surface area contributed by atoms with Gasteiger partial charge >= 0.3 is 0 Å². The lowest BCUT2D eigenvalue weighted by Crippen LogP contribution is -2.29. The fourth-order valence-electron chi connectivity index (χ4n) is 3.76. The predicted octanol–water partition coefficient (Wildman–Crippen LogP) is 4.77. The first kappa shape index (κ1) is 19.7. The number of benzene rings is 2. The molecule has 152 valence electrons.